The van der Waals surface area contributed by atoms with Gasteiger partial charge in [0, 0.05) is 12.4 Å². The van der Waals surface area contributed by atoms with Crippen molar-refractivity contribution >= 4 is 38.3 Å². The molecule has 4 aromatic rings. The Hall–Kier alpha value is -3.12. The van der Waals surface area contributed by atoms with Crippen LogP contribution in [-0.4, -0.2) is 20.9 Å². The molecule has 6 heteroatoms. The molecule has 134 valence electrons. The molecule has 4 rings (SSSR count). The van der Waals surface area contributed by atoms with Crippen LogP contribution < -0.4 is 4.90 Å². The zero-order valence-electron chi connectivity index (χ0n) is 15.0. The Balaban J connectivity index is 1.82. The van der Waals surface area contributed by atoms with E-state index < -0.39 is 0 Å². The molecule has 2 aromatic carbocycles. The van der Waals surface area contributed by atoms with Crippen molar-refractivity contribution in [3.8, 4) is 0 Å². The summed E-state index contributed by atoms with van der Waals surface area (Å²) in [5.41, 5.74) is 3.13. The molecular weight excluding hydrogens is 356 g/mol. The number of anilines is 2. The third-order valence-corrected chi connectivity index (χ3v) is 5.30. The van der Waals surface area contributed by atoms with Gasteiger partial charge in [0.15, 0.2) is 5.13 Å². The maximum absolute atomic E-state index is 13.2. The van der Waals surface area contributed by atoms with E-state index in [9.17, 15) is 4.79 Å². The maximum Gasteiger partial charge on any atom is 0.284 e. The number of carbonyl (C=O) groups excluding carboxylic acids is 1. The van der Waals surface area contributed by atoms with Gasteiger partial charge in [-0.15, -0.1) is 0 Å². The van der Waals surface area contributed by atoms with Crippen LogP contribution in [0, 0.1) is 0 Å². The van der Waals surface area contributed by atoms with Crippen molar-refractivity contribution in [1.82, 2.24) is 15.0 Å². The minimum Gasteiger partial charge on any atom is -0.266 e. The summed E-state index contributed by atoms with van der Waals surface area (Å²) in [5.74, 6) is 0.171. The van der Waals surface area contributed by atoms with Crippen LogP contribution in [0.1, 0.15) is 35.8 Å². The molecule has 0 aliphatic rings. The van der Waals surface area contributed by atoms with Gasteiger partial charge in [0.05, 0.1) is 22.1 Å². The van der Waals surface area contributed by atoms with E-state index in [1.807, 2.05) is 48.5 Å². The molecule has 0 aliphatic carbocycles. The van der Waals surface area contributed by atoms with Gasteiger partial charge in [0.25, 0.3) is 5.91 Å². The van der Waals surface area contributed by atoms with Crippen molar-refractivity contribution in [3.05, 3.63) is 78.4 Å². The Bertz CT molecular complexity index is 1040. The van der Waals surface area contributed by atoms with Crippen molar-refractivity contribution in [2.24, 2.45) is 0 Å². The average molecular weight is 374 g/mol. The van der Waals surface area contributed by atoms with E-state index in [-0.39, 0.29) is 11.6 Å². The van der Waals surface area contributed by atoms with Gasteiger partial charge in [-0.05, 0) is 35.7 Å². The number of amides is 1. The third kappa shape index (κ3) is 3.44. The molecule has 0 radical (unpaired) electrons. The average Bonchev–Trinajstić information content (AvgIpc) is 3.12. The lowest BCUT2D eigenvalue weighted by molar-refractivity contribution is 0.0994. The maximum atomic E-state index is 13.2. The highest BCUT2D eigenvalue weighted by Gasteiger charge is 2.24. The molecule has 0 fully saturated rings. The molecule has 1 amide bonds. The molecule has 0 N–H and O–H groups in total. The van der Waals surface area contributed by atoms with Crippen LogP contribution in [0.4, 0.5) is 10.8 Å². The normalized spacial score (nSPS) is 11.1. The fourth-order valence-electron chi connectivity index (χ4n) is 2.80. The number of nitrogens with zero attached hydrogens (tertiary/aromatic N) is 4. The summed E-state index contributed by atoms with van der Waals surface area (Å²) >= 11 is 1.48. The largest absolute Gasteiger partial charge is 0.284 e. The molecule has 0 saturated carbocycles. The summed E-state index contributed by atoms with van der Waals surface area (Å²) in [4.78, 5) is 27.7. The highest BCUT2D eigenvalue weighted by atomic mass is 32.1. The van der Waals surface area contributed by atoms with Gasteiger partial charge in [0.2, 0.25) is 0 Å². The van der Waals surface area contributed by atoms with Crippen LogP contribution in [0.3, 0.4) is 0 Å². The smallest absolute Gasteiger partial charge is 0.266 e. The van der Waals surface area contributed by atoms with Crippen molar-refractivity contribution in [3.63, 3.8) is 0 Å². The SMILES string of the molecule is CC(C)c1ccc(N(C(=O)c2cnccn2)c2nc3ccccc3s2)cc1. The lowest BCUT2D eigenvalue weighted by atomic mass is 10.0. The van der Waals surface area contributed by atoms with E-state index in [0.29, 0.717) is 11.0 Å². The second kappa shape index (κ2) is 7.25. The van der Waals surface area contributed by atoms with Crippen molar-refractivity contribution < 1.29 is 4.79 Å². The number of hydrogen-bond acceptors (Lipinski definition) is 5. The van der Waals surface area contributed by atoms with Gasteiger partial charge in [-0.3, -0.25) is 14.7 Å². The van der Waals surface area contributed by atoms with Gasteiger partial charge < -0.3 is 0 Å². The Morgan fingerprint density at radius 2 is 1.81 bits per heavy atom. The number of thiazole rings is 1. The number of rotatable bonds is 4. The number of carbonyl (C=O) groups is 1. The fraction of sp³-hybridized carbons (Fsp3) is 0.143. The van der Waals surface area contributed by atoms with E-state index >= 15 is 0 Å². The van der Waals surface area contributed by atoms with Gasteiger partial charge in [0.1, 0.15) is 5.69 Å². The highest BCUT2D eigenvalue weighted by Crippen LogP contribution is 2.34. The van der Waals surface area contributed by atoms with Crippen LogP contribution in [-0.2, 0) is 0 Å². The quantitative estimate of drug-likeness (QED) is 0.493. The van der Waals surface area contributed by atoms with Gasteiger partial charge in [-0.1, -0.05) is 49.4 Å². The first-order chi connectivity index (χ1) is 13.1. The molecule has 5 nitrogen and oxygen atoms in total. The van der Waals surface area contributed by atoms with Gasteiger partial charge in [-0.25, -0.2) is 9.97 Å². The zero-order chi connectivity index (χ0) is 18.8. The summed E-state index contributed by atoms with van der Waals surface area (Å²) in [6.07, 6.45) is 4.55. The van der Waals surface area contributed by atoms with E-state index in [2.05, 4.69) is 28.8 Å². The molecular formula is C21H18N4OS. The molecule has 0 saturated heterocycles. The Labute approximate surface area is 161 Å². The lowest BCUT2D eigenvalue weighted by Crippen LogP contribution is -2.26. The molecule has 0 spiro atoms. The van der Waals surface area contributed by atoms with Crippen LogP contribution in [0.25, 0.3) is 10.2 Å². The topological polar surface area (TPSA) is 59.0 Å². The minimum atomic E-state index is -0.251. The number of aromatic nitrogens is 3. The van der Waals surface area contributed by atoms with Crippen molar-refractivity contribution in [1.29, 1.82) is 0 Å². The molecule has 0 aliphatic heterocycles. The van der Waals surface area contributed by atoms with E-state index in [1.165, 1.54) is 29.3 Å². The third-order valence-electron chi connectivity index (χ3n) is 4.28. The van der Waals surface area contributed by atoms with Crippen LogP contribution in [0.2, 0.25) is 0 Å². The van der Waals surface area contributed by atoms with E-state index in [1.54, 1.807) is 11.1 Å². The first kappa shape index (κ1) is 17.3. The molecule has 0 atom stereocenters. The van der Waals surface area contributed by atoms with Crippen molar-refractivity contribution in [2.45, 2.75) is 19.8 Å². The standard InChI is InChI=1S/C21H18N4OS/c1-14(2)15-7-9-16(10-8-15)25(20(26)18-13-22-11-12-23-18)21-24-17-5-3-4-6-19(17)27-21/h3-14H,1-2H3. The summed E-state index contributed by atoms with van der Waals surface area (Å²) in [7, 11) is 0. The second-order valence-corrected chi connectivity index (χ2v) is 7.45. The van der Waals surface area contributed by atoms with Gasteiger partial charge >= 0.3 is 0 Å². The number of para-hydroxylation sites is 1. The van der Waals surface area contributed by atoms with Crippen molar-refractivity contribution in [2.75, 3.05) is 4.90 Å². The molecule has 27 heavy (non-hydrogen) atoms. The number of fused-ring (bicyclic) bond motifs is 1. The fourth-order valence-corrected chi connectivity index (χ4v) is 3.79. The first-order valence-electron chi connectivity index (χ1n) is 8.69. The first-order valence-corrected chi connectivity index (χ1v) is 9.51. The molecule has 2 aromatic heterocycles. The molecule has 2 heterocycles. The molecule has 0 unspecified atom stereocenters. The summed E-state index contributed by atoms with van der Waals surface area (Å²) in [6.45, 7) is 4.29. The Morgan fingerprint density at radius 3 is 2.48 bits per heavy atom. The predicted octanol–water partition coefficient (Wildman–Crippen LogP) is 5.19. The summed E-state index contributed by atoms with van der Waals surface area (Å²) in [5, 5.41) is 0.615. The zero-order valence-corrected chi connectivity index (χ0v) is 15.9. The Morgan fingerprint density at radius 1 is 1.04 bits per heavy atom. The lowest BCUT2D eigenvalue weighted by Gasteiger charge is -2.20. The minimum absolute atomic E-state index is 0.251. The van der Waals surface area contributed by atoms with E-state index in [4.69, 9.17) is 0 Å². The van der Waals surface area contributed by atoms with Crippen LogP contribution in [0.15, 0.2) is 67.1 Å². The summed E-state index contributed by atoms with van der Waals surface area (Å²) in [6, 6.07) is 15.9. The number of benzene rings is 2. The van der Waals surface area contributed by atoms with Gasteiger partial charge in [-0.2, -0.15) is 0 Å². The number of hydrogen-bond donors (Lipinski definition) is 0. The van der Waals surface area contributed by atoms with E-state index in [0.717, 1.165) is 15.9 Å². The van der Waals surface area contributed by atoms with Crippen LogP contribution >= 0.6 is 11.3 Å². The highest BCUT2D eigenvalue weighted by molar-refractivity contribution is 7.22. The van der Waals surface area contributed by atoms with Crippen LogP contribution in [0.5, 0.6) is 0 Å². The monoisotopic (exact) mass is 374 g/mol. The second-order valence-electron chi connectivity index (χ2n) is 6.44. The summed E-state index contributed by atoms with van der Waals surface area (Å²) < 4.78 is 1.03. The molecule has 0 bridgehead atoms. The predicted molar refractivity (Wildman–Crippen MR) is 109 cm³/mol. The Kier molecular flexibility index (Phi) is 4.64.